The first-order valence-corrected chi connectivity index (χ1v) is 15.3. The number of carboxylic acid groups (broad SMARTS) is 1. The van der Waals surface area contributed by atoms with Gasteiger partial charge in [0.2, 0.25) is 6.10 Å². The molecule has 0 aromatic heterocycles. The van der Waals surface area contributed by atoms with Gasteiger partial charge in [0.15, 0.2) is 5.96 Å². The summed E-state index contributed by atoms with van der Waals surface area (Å²) in [5, 5.41) is 34.8. The van der Waals surface area contributed by atoms with E-state index in [1.54, 1.807) is 20.8 Å². The maximum atomic E-state index is 12.9. The SMILES string of the molecule is CC(C)(C)OC(=O)C(OC(=O)NC(N)=NCCC[C@@H](NC(=O)OCC1c2ccccc2-c2ccccc21)C(=O)O)c1ccccc1N([O-])O. The molecule has 4 rings (SSSR count). The number of anilines is 1. The van der Waals surface area contributed by atoms with Crippen LogP contribution in [-0.4, -0.2) is 65.2 Å². The molecule has 1 aliphatic carbocycles. The van der Waals surface area contributed by atoms with Crippen LogP contribution in [0.1, 0.15) is 62.3 Å². The molecule has 0 heterocycles. The summed E-state index contributed by atoms with van der Waals surface area (Å²) in [6.45, 7) is 4.74. The number of para-hydroxylation sites is 1. The van der Waals surface area contributed by atoms with Crippen LogP contribution in [0.25, 0.3) is 11.1 Å². The van der Waals surface area contributed by atoms with E-state index in [2.05, 4.69) is 15.6 Å². The third kappa shape index (κ3) is 9.68. The molecular formula is C34H38N5O10-. The van der Waals surface area contributed by atoms with E-state index in [0.29, 0.717) is 0 Å². The molecule has 0 saturated carbocycles. The molecule has 260 valence electrons. The molecule has 2 amide bonds. The van der Waals surface area contributed by atoms with Crippen LogP contribution in [0.5, 0.6) is 0 Å². The fraction of sp³-hybridized carbons (Fsp3) is 0.324. The number of nitrogens with zero attached hydrogens (tertiary/aromatic N) is 2. The van der Waals surface area contributed by atoms with Crippen molar-refractivity contribution in [2.75, 3.05) is 18.4 Å². The van der Waals surface area contributed by atoms with Crippen molar-refractivity contribution in [3.05, 3.63) is 94.7 Å². The standard InChI is InChI=1S/C34H38N5O10/c1-34(2,3)49-30(42)28(24-15-8-9-17-27(24)39(45)46)48-33(44)38-31(35)36-18-10-16-26(29(40)41)37-32(43)47-19-25-22-13-6-4-11-20(22)21-12-5-7-14-23(21)25/h4-9,11-15,17,25-26,28,45H,10,16,18-19H2,1-3H3,(H,37,43)(H,40,41)(H3,35,36,38,44)/q-1/t26-,28?/m1/s1. The number of fused-ring (bicyclic) bond motifs is 3. The Balaban J connectivity index is 1.29. The van der Waals surface area contributed by atoms with Gasteiger partial charge in [-0.25, -0.2) is 19.2 Å². The number of aliphatic imine (C=N–C) groups is 1. The summed E-state index contributed by atoms with van der Waals surface area (Å²) < 4.78 is 16.0. The topological polar surface area (TPSA) is 225 Å². The quantitative estimate of drug-likeness (QED) is 0.0444. The summed E-state index contributed by atoms with van der Waals surface area (Å²) >= 11 is 0. The zero-order valence-electron chi connectivity index (χ0n) is 27.1. The second-order valence-electron chi connectivity index (χ2n) is 12.0. The lowest BCUT2D eigenvalue weighted by Gasteiger charge is -2.29. The molecule has 0 aliphatic heterocycles. The van der Waals surface area contributed by atoms with Gasteiger partial charge in [-0.2, -0.15) is 0 Å². The minimum atomic E-state index is -1.76. The van der Waals surface area contributed by atoms with E-state index in [-0.39, 0.29) is 43.2 Å². The molecule has 15 heteroatoms. The predicted molar refractivity (Wildman–Crippen MR) is 178 cm³/mol. The van der Waals surface area contributed by atoms with Gasteiger partial charge in [0.25, 0.3) is 0 Å². The van der Waals surface area contributed by atoms with Crippen molar-refractivity contribution in [2.45, 2.75) is 57.3 Å². The number of carbonyl (C=O) groups is 4. The highest BCUT2D eigenvalue weighted by atomic mass is 16.8. The third-order valence-electron chi connectivity index (χ3n) is 7.37. The Kier molecular flexibility index (Phi) is 11.8. The van der Waals surface area contributed by atoms with Crippen molar-refractivity contribution < 1.29 is 43.7 Å². The van der Waals surface area contributed by atoms with Gasteiger partial charge in [0.1, 0.15) is 18.2 Å². The van der Waals surface area contributed by atoms with Crippen LogP contribution in [-0.2, 0) is 23.8 Å². The highest BCUT2D eigenvalue weighted by Crippen LogP contribution is 2.44. The number of hydrogen-bond acceptors (Lipinski definition) is 11. The summed E-state index contributed by atoms with van der Waals surface area (Å²) in [4.78, 5) is 53.9. The van der Waals surface area contributed by atoms with Crippen molar-refractivity contribution >= 4 is 35.8 Å². The Bertz CT molecular complexity index is 1660. The van der Waals surface area contributed by atoms with E-state index in [0.717, 1.165) is 22.3 Å². The number of carboxylic acids is 1. The first kappa shape index (κ1) is 36.2. The smallest absolute Gasteiger partial charge is 0.415 e. The number of nitrogens with one attached hydrogen (secondary N) is 2. The molecule has 0 saturated heterocycles. The molecule has 0 bridgehead atoms. The highest BCUT2D eigenvalue weighted by molar-refractivity contribution is 5.94. The lowest BCUT2D eigenvalue weighted by Crippen LogP contribution is -2.41. The van der Waals surface area contributed by atoms with Crippen LogP contribution < -0.4 is 21.6 Å². The zero-order valence-corrected chi connectivity index (χ0v) is 27.1. The Morgan fingerprint density at radius 3 is 2.14 bits per heavy atom. The van der Waals surface area contributed by atoms with Crippen LogP contribution in [0.2, 0.25) is 0 Å². The first-order chi connectivity index (χ1) is 23.2. The maximum Gasteiger partial charge on any atom is 0.415 e. The van der Waals surface area contributed by atoms with E-state index in [1.807, 2.05) is 48.5 Å². The number of benzene rings is 3. The maximum absolute atomic E-state index is 12.9. The fourth-order valence-electron chi connectivity index (χ4n) is 5.29. The number of hydrogen-bond donors (Lipinski definition) is 5. The number of carbonyl (C=O) groups excluding carboxylic acids is 3. The zero-order chi connectivity index (χ0) is 35.7. The number of ether oxygens (including phenoxy) is 3. The molecular weight excluding hydrogens is 638 g/mol. The molecule has 3 aromatic rings. The van der Waals surface area contributed by atoms with Crippen LogP contribution >= 0.6 is 0 Å². The normalized spacial score (nSPS) is 13.7. The van der Waals surface area contributed by atoms with Gasteiger partial charge in [-0.05, 0) is 61.9 Å². The number of alkyl carbamates (subject to hydrolysis) is 2. The monoisotopic (exact) mass is 676 g/mol. The molecule has 15 nitrogen and oxygen atoms in total. The van der Waals surface area contributed by atoms with Crippen molar-refractivity contribution in [1.29, 1.82) is 0 Å². The van der Waals surface area contributed by atoms with E-state index >= 15 is 0 Å². The molecule has 2 atom stereocenters. The lowest BCUT2D eigenvalue weighted by atomic mass is 9.98. The van der Waals surface area contributed by atoms with Crippen molar-refractivity contribution in [1.82, 2.24) is 10.6 Å². The Morgan fingerprint density at radius 2 is 1.55 bits per heavy atom. The number of esters is 1. The van der Waals surface area contributed by atoms with Gasteiger partial charge < -0.3 is 40.8 Å². The van der Waals surface area contributed by atoms with Crippen molar-refractivity contribution in [3.8, 4) is 11.1 Å². The summed E-state index contributed by atoms with van der Waals surface area (Å²) in [5.41, 5.74) is 8.46. The summed E-state index contributed by atoms with van der Waals surface area (Å²) in [6.07, 6.45) is -3.76. The van der Waals surface area contributed by atoms with Gasteiger partial charge in [0.05, 0.1) is 5.69 Å². The predicted octanol–water partition coefficient (Wildman–Crippen LogP) is 4.58. The van der Waals surface area contributed by atoms with Gasteiger partial charge >= 0.3 is 24.1 Å². The van der Waals surface area contributed by atoms with Gasteiger partial charge in [0, 0.05) is 18.0 Å². The number of amides is 2. The van der Waals surface area contributed by atoms with E-state index in [9.17, 15) is 34.7 Å². The second-order valence-corrected chi connectivity index (χ2v) is 12.0. The largest absolute Gasteiger partial charge is 0.733 e. The second kappa shape index (κ2) is 16.0. The number of guanidine groups is 1. The molecule has 49 heavy (non-hydrogen) atoms. The minimum absolute atomic E-state index is 0.0182. The van der Waals surface area contributed by atoms with Crippen LogP contribution in [0.3, 0.4) is 0 Å². The minimum Gasteiger partial charge on any atom is -0.733 e. The van der Waals surface area contributed by atoms with Gasteiger partial charge in [-0.1, -0.05) is 66.7 Å². The summed E-state index contributed by atoms with van der Waals surface area (Å²) in [6, 6.07) is 19.8. The van der Waals surface area contributed by atoms with Crippen LogP contribution in [0, 0.1) is 5.21 Å². The summed E-state index contributed by atoms with van der Waals surface area (Å²) in [5.74, 6) is -2.90. The fourth-order valence-corrected chi connectivity index (χ4v) is 5.29. The van der Waals surface area contributed by atoms with E-state index < -0.39 is 53.1 Å². The Labute approximate surface area is 282 Å². The number of aliphatic carboxylic acids is 1. The van der Waals surface area contributed by atoms with Crippen molar-refractivity contribution in [2.24, 2.45) is 10.7 Å². The molecule has 0 spiro atoms. The Morgan fingerprint density at radius 1 is 0.959 bits per heavy atom. The van der Waals surface area contributed by atoms with E-state index in [1.165, 1.54) is 24.3 Å². The third-order valence-corrected chi connectivity index (χ3v) is 7.37. The number of rotatable bonds is 12. The highest BCUT2D eigenvalue weighted by Gasteiger charge is 2.33. The molecule has 1 unspecified atom stereocenters. The molecule has 3 aromatic carbocycles. The molecule has 0 fully saturated rings. The average molecular weight is 677 g/mol. The van der Waals surface area contributed by atoms with Gasteiger partial charge in [-0.3, -0.25) is 15.5 Å². The van der Waals surface area contributed by atoms with Crippen LogP contribution in [0.15, 0.2) is 77.8 Å². The number of nitrogens with two attached hydrogens (primary N) is 1. The average Bonchev–Trinajstić information content (AvgIpc) is 3.36. The molecule has 1 aliphatic rings. The molecule has 6 N–H and O–H groups in total. The Hall–Kier alpha value is -5.67. The first-order valence-electron chi connectivity index (χ1n) is 15.3. The van der Waals surface area contributed by atoms with Crippen molar-refractivity contribution in [3.63, 3.8) is 0 Å². The van der Waals surface area contributed by atoms with Crippen LogP contribution in [0.4, 0.5) is 15.3 Å². The molecule has 0 radical (unpaired) electrons. The van der Waals surface area contributed by atoms with Gasteiger partial charge in [-0.15, -0.1) is 0 Å². The van der Waals surface area contributed by atoms with E-state index in [4.69, 9.17) is 19.9 Å². The lowest BCUT2D eigenvalue weighted by molar-refractivity contribution is -0.165. The summed E-state index contributed by atoms with van der Waals surface area (Å²) in [7, 11) is 0.